The number of benzene rings is 2. The minimum atomic E-state index is 0.355. The van der Waals surface area contributed by atoms with Crippen LogP contribution < -0.4 is 9.64 Å². The van der Waals surface area contributed by atoms with Gasteiger partial charge >= 0.3 is 0 Å². The summed E-state index contributed by atoms with van der Waals surface area (Å²) in [5.41, 5.74) is 3.23. The second-order valence-electron chi connectivity index (χ2n) is 11.4. The van der Waals surface area contributed by atoms with Crippen LogP contribution in [0.3, 0.4) is 0 Å². The molecule has 1 atom stereocenters. The van der Waals surface area contributed by atoms with Gasteiger partial charge in [0, 0.05) is 18.8 Å². The highest BCUT2D eigenvalue weighted by molar-refractivity contribution is 7.30. The van der Waals surface area contributed by atoms with E-state index in [1.54, 1.807) is 0 Å². The minimum Gasteiger partial charge on any atom is -0.494 e. The average Bonchev–Trinajstić information content (AvgIpc) is 3.64. The lowest BCUT2D eigenvalue weighted by molar-refractivity contribution is 0.240. The number of ether oxygens (including phenoxy) is 1. The van der Waals surface area contributed by atoms with Gasteiger partial charge < -0.3 is 9.64 Å². The van der Waals surface area contributed by atoms with E-state index in [1.165, 1.54) is 47.6 Å². The third-order valence-corrected chi connectivity index (χ3v) is 8.51. The minimum absolute atomic E-state index is 0.355. The van der Waals surface area contributed by atoms with Crippen LogP contribution in [-0.4, -0.2) is 24.7 Å². The molecule has 1 unspecified atom stereocenters. The fourth-order valence-corrected chi connectivity index (χ4v) is 6.70. The van der Waals surface area contributed by atoms with Crippen molar-refractivity contribution in [3.8, 4) is 5.75 Å². The molecule has 0 N–H and O–H groups in total. The molecule has 0 aliphatic carbocycles. The van der Waals surface area contributed by atoms with Crippen molar-refractivity contribution in [2.75, 3.05) is 24.6 Å². The lowest BCUT2D eigenvalue weighted by atomic mass is 9.84. The molecular formula is C30H36N6OS2. The molecule has 3 heterocycles. The van der Waals surface area contributed by atoms with Gasteiger partial charge in [-0.25, -0.2) is 4.98 Å². The van der Waals surface area contributed by atoms with E-state index in [9.17, 15) is 0 Å². The van der Waals surface area contributed by atoms with Crippen molar-refractivity contribution < 1.29 is 4.74 Å². The van der Waals surface area contributed by atoms with Crippen LogP contribution in [0.15, 0.2) is 75.1 Å². The molecular weight excluding hydrogens is 525 g/mol. The molecule has 0 saturated carbocycles. The summed E-state index contributed by atoms with van der Waals surface area (Å²) in [6.45, 7) is 12.1. The lowest BCUT2D eigenvalue weighted by Gasteiger charge is -2.23. The van der Waals surface area contributed by atoms with E-state index in [-0.39, 0.29) is 0 Å². The van der Waals surface area contributed by atoms with Crippen LogP contribution >= 0.6 is 22.7 Å². The van der Waals surface area contributed by atoms with Crippen molar-refractivity contribution in [3.63, 3.8) is 0 Å². The number of azo groups is 2. The van der Waals surface area contributed by atoms with Crippen molar-refractivity contribution in [1.29, 1.82) is 0 Å². The number of anilines is 1. The molecule has 0 amide bonds. The van der Waals surface area contributed by atoms with Crippen LogP contribution in [0.2, 0.25) is 0 Å². The molecule has 39 heavy (non-hydrogen) atoms. The smallest absolute Gasteiger partial charge is 0.231 e. The van der Waals surface area contributed by atoms with Crippen molar-refractivity contribution in [1.82, 2.24) is 4.98 Å². The van der Waals surface area contributed by atoms with Gasteiger partial charge in [0.05, 0.1) is 22.7 Å². The van der Waals surface area contributed by atoms with Crippen LogP contribution in [0.4, 0.5) is 27.2 Å². The summed E-state index contributed by atoms with van der Waals surface area (Å²) in [7, 11) is 0. The van der Waals surface area contributed by atoms with Crippen LogP contribution in [0.5, 0.6) is 5.75 Å². The van der Waals surface area contributed by atoms with E-state index in [2.05, 4.69) is 70.2 Å². The Morgan fingerprint density at radius 2 is 1.56 bits per heavy atom. The summed E-state index contributed by atoms with van der Waals surface area (Å²) < 4.78 is 6.97. The van der Waals surface area contributed by atoms with E-state index in [4.69, 9.17) is 4.74 Å². The van der Waals surface area contributed by atoms with Gasteiger partial charge in [-0.2, -0.15) is 0 Å². The van der Waals surface area contributed by atoms with Gasteiger partial charge in [-0.1, -0.05) is 50.4 Å². The molecule has 204 valence electrons. The van der Waals surface area contributed by atoms with E-state index in [0.29, 0.717) is 16.5 Å². The summed E-state index contributed by atoms with van der Waals surface area (Å²) in [6.07, 6.45) is 4.79. The van der Waals surface area contributed by atoms with Crippen LogP contribution in [-0.2, 0) is 0 Å². The van der Waals surface area contributed by atoms with E-state index in [0.717, 1.165) is 57.8 Å². The maximum atomic E-state index is 5.93. The Labute approximate surface area is 238 Å². The maximum absolute atomic E-state index is 5.93. The van der Waals surface area contributed by atoms with Gasteiger partial charge in [-0.05, 0) is 91.6 Å². The molecule has 0 bridgehead atoms. The first-order valence-corrected chi connectivity index (χ1v) is 15.3. The van der Waals surface area contributed by atoms with Crippen molar-refractivity contribution in [3.05, 3.63) is 54.6 Å². The topological polar surface area (TPSA) is 74.8 Å². The van der Waals surface area contributed by atoms with E-state index in [1.807, 2.05) is 42.5 Å². The monoisotopic (exact) mass is 560 g/mol. The summed E-state index contributed by atoms with van der Waals surface area (Å²) in [5, 5.41) is 19.0. The first-order chi connectivity index (χ1) is 18.8. The Bertz CT molecular complexity index is 1380. The third kappa shape index (κ3) is 7.92. The van der Waals surface area contributed by atoms with Crippen molar-refractivity contribution >= 4 is 59.4 Å². The second-order valence-corrected chi connectivity index (χ2v) is 13.4. The molecule has 7 nitrogen and oxygen atoms in total. The average molecular weight is 561 g/mol. The molecule has 4 aromatic rings. The molecule has 0 radical (unpaired) electrons. The summed E-state index contributed by atoms with van der Waals surface area (Å²) in [6, 6.07) is 18.0. The number of thiazole rings is 1. The van der Waals surface area contributed by atoms with Gasteiger partial charge in [0.1, 0.15) is 15.6 Å². The first kappa shape index (κ1) is 27.4. The van der Waals surface area contributed by atoms with Gasteiger partial charge in [0.2, 0.25) is 5.13 Å². The number of hydrogen-bond acceptors (Lipinski definition) is 9. The lowest BCUT2D eigenvalue weighted by Crippen LogP contribution is -2.17. The normalized spacial score (nSPS) is 15.2. The number of rotatable bonds is 10. The van der Waals surface area contributed by atoms with Gasteiger partial charge in [0.25, 0.3) is 0 Å². The molecule has 5 rings (SSSR count). The zero-order valence-electron chi connectivity index (χ0n) is 23.1. The molecule has 1 aliphatic heterocycles. The summed E-state index contributed by atoms with van der Waals surface area (Å²) in [5.74, 6) is 1.51. The predicted molar refractivity (Wildman–Crippen MR) is 164 cm³/mol. The molecule has 0 spiro atoms. The number of fused-ring (bicyclic) bond motifs is 1. The fraction of sp³-hybridized carbons (Fsp3) is 0.433. The Morgan fingerprint density at radius 1 is 0.897 bits per heavy atom. The number of aromatic nitrogens is 1. The highest BCUT2D eigenvalue weighted by Crippen LogP contribution is 2.39. The Kier molecular flexibility index (Phi) is 8.67. The largest absolute Gasteiger partial charge is 0.494 e. The van der Waals surface area contributed by atoms with Gasteiger partial charge in [-0.3, -0.25) is 0 Å². The standard InChI is InChI=1S/C30H36N6OS2/c1-21(20-30(2,3)4)15-18-37-25-13-9-23(10-14-25)32-34-27-19-26-28(39-27)31-29(38-26)35-33-22-7-11-24(12-8-22)36-16-5-6-17-36/h7-14,19,21H,5-6,15-18,20H2,1-4H3. The second kappa shape index (κ2) is 12.3. The number of hydrogen-bond donors (Lipinski definition) is 0. The molecule has 9 heteroatoms. The number of thiophene rings is 1. The summed E-state index contributed by atoms with van der Waals surface area (Å²) >= 11 is 3.01. The zero-order valence-corrected chi connectivity index (χ0v) is 24.8. The van der Waals surface area contributed by atoms with Gasteiger partial charge in [-0.15, -0.1) is 20.5 Å². The highest BCUT2D eigenvalue weighted by atomic mass is 32.1. The Hall–Kier alpha value is -3.17. The highest BCUT2D eigenvalue weighted by Gasteiger charge is 2.15. The molecule has 1 fully saturated rings. The number of nitrogens with zero attached hydrogens (tertiary/aromatic N) is 6. The maximum Gasteiger partial charge on any atom is 0.231 e. The van der Waals surface area contributed by atoms with Crippen LogP contribution in [0.25, 0.3) is 9.53 Å². The SMILES string of the molecule is CC(CCOc1ccc(N=Nc2cc3sc(N=Nc4ccc(N5CCCC5)cc4)nc3s2)cc1)CC(C)(C)C. The third-order valence-electron chi connectivity index (χ3n) is 6.58. The van der Waals surface area contributed by atoms with Crippen LogP contribution in [0.1, 0.15) is 53.4 Å². The molecule has 1 saturated heterocycles. The van der Waals surface area contributed by atoms with E-state index < -0.39 is 0 Å². The van der Waals surface area contributed by atoms with Crippen LogP contribution in [0, 0.1) is 11.3 Å². The quantitative estimate of drug-likeness (QED) is 0.181. The molecule has 2 aromatic carbocycles. The Morgan fingerprint density at radius 3 is 2.23 bits per heavy atom. The summed E-state index contributed by atoms with van der Waals surface area (Å²) in [4.78, 5) is 7.91. The van der Waals surface area contributed by atoms with E-state index >= 15 is 0 Å². The zero-order chi connectivity index (χ0) is 27.2. The molecule has 2 aromatic heterocycles. The fourth-order valence-electron chi connectivity index (χ4n) is 4.85. The first-order valence-electron chi connectivity index (χ1n) is 13.6. The molecule has 1 aliphatic rings. The van der Waals surface area contributed by atoms with Crippen molar-refractivity contribution in [2.45, 2.75) is 53.4 Å². The van der Waals surface area contributed by atoms with Gasteiger partial charge in [0.15, 0.2) is 0 Å². The predicted octanol–water partition coefficient (Wildman–Crippen LogP) is 10.6. The van der Waals surface area contributed by atoms with Crippen molar-refractivity contribution in [2.24, 2.45) is 31.8 Å². The Balaban J connectivity index is 1.12.